The molecule has 2 heterocycles. The van der Waals surface area contributed by atoms with Crippen molar-refractivity contribution in [3.05, 3.63) is 54.2 Å². The quantitative estimate of drug-likeness (QED) is 0.861. The van der Waals surface area contributed by atoms with Gasteiger partial charge in [-0.05, 0) is 37.0 Å². The average Bonchev–Trinajstić information content (AvgIpc) is 2.56. The van der Waals surface area contributed by atoms with Crippen molar-refractivity contribution in [1.29, 1.82) is 0 Å². The van der Waals surface area contributed by atoms with E-state index in [4.69, 9.17) is 4.74 Å². The number of amides is 1. The number of ether oxygens (including phenoxy) is 1. The third-order valence-corrected chi connectivity index (χ3v) is 4.02. The summed E-state index contributed by atoms with van der Waals surface area (Å²) in [6, 6.07) is 13.6. The number of likely N-dealkylation sites (tertiary alicyclic amines) is 1. The van der Waals surface area contributed by atoms with Crippen LogP contribution in [0.1, 0.15) is 37.8 Å². The molecule has 0 radical (unpaired) electrons. The number of para-hydroxylation sites is 1. The van der Waals surface area contributed by atoms with E-state index >= 15 is 0 Å². The Morgan fingerprint density at radius 3 is 2.68 bits per heavy atom. The van der Waals surface area contributed by atoms with Crippen LogP contribution in [0.2, 0.25) is 0 Å². The van der Waals surface area contributed by atoms with Crippen molar-refractivity contribution in [2.45, 2.75) is 32.2 Å². The first-order chi connectivity index (χ1) is 10.7. The van der Waals surface area contributed by atoms with Gasteiger partial charge in [0, 0.05) is 25.7 Å². The lowest BCUT2D eigenvalue weighted by atomic mass is 9.96. The Hall–Kier alpha value is -2.36. The summed E-state index contributed by atoms with van der Waals surface area (Å²) < 4.78 is 5.70. The molecule has 1 amide bonds. The van der Waals surface area contributed by atoms with Crippen molar-refractivity contribution < 1.29 is 9.53 Å². The molecular weight excluding hydrogens is 276 g/mol. The summed E-state index contributed by atoms with van der Waals surface area (Å²) in [5.74, 6) is 1.47. The van der Waals surface area contributed by atoms with Crippen molar-refractivity contribution in [2.24, 2.45) is 0 Å². The first-order valence-electron chi connectivity index (χ1n) is 7.70. The molecule has 0 unspecified atom stereocenters. The molecule has 3 rings (SSSR count). The second-order valence-electron chi connectivity index (χ2n) is 5.57. The highest BCUT2D eigenvalue weighted by molar-refractivity contribution is 5.74. The van der Waals surface area contributed by atoms with Gasteiger partial charge in [0.2, 0.25) is 11.8 Å². The lowest BCUT2D eigenvalue weighted by molar-refractivity contribution is -0.132. The van der Waals surface area contributed by atoms with Crippen molar-refractivity contribution in [3.8, 4) is 11.6 Å². The molecule has 4 nitrogen and oxygen atoms in total. The highest BCUT2D eigenvalue weighted by atomic mass is 16.5. The first kappa shape index (κ1) is 14.6. The van der Waals surface area contributed by atoms with Gasteiger partial charge in [0.1, 0.15) is 5.75 Å². The van der Waals surface area contributed by atoms with Crippen LogP contribution in [0.3, 0.4) is 0 Å². The van der Waals surface area contributed by atoms with E-state index in [2.05, 4.69) is 4.98 Å². The van der Waals surface area contributed by atoms with Gasteiger partial charge in [-0.15, -0.1) is 0 Å². The summed E-state index contributed by atoms with van der Waals surface area (Å²) in [7, 11) is 0. The molecule has 2 aromatic rings. The molecule has 114 valence electrons. The molecule has 0 N–H and O–H groups in total. The van der Waals surface area contributed by atoms with Crippen molar-refractivity contribution in [1.82, 2.24) is 9.88 Å². The Morgan fingerprint density at radius 2 is 2.00 bits per heavy atom. The van der Waals surface area contributed by atoms with E-state index in [0.29, 0.717) is 5.88 Å². The monoisotopic (exact) mass is 296 g/mol. The standard InChI is InChI=1S/C18H20N2O2/c1-14(21)20-12-6-5-9-17(20)15-10-11-18(19-13-15)22-16-7-3-2-4-8-16/h2-4,7-8,10-11,13,17H,5-6,9,12H2,1H3/t17-/m1/s1. The number of aromatic nitrogens is 1. The molecule has 1 aliphatic heterocycles. The normalized spacial score (nSPS) is 18.0. The maximum absolute atomic E-state index is 11.8. The first-order valence-corrected chi connectivity index (χ1v) is 7.70. The van der Waals surface area contributed by atoms with Crippen LogP contribution in [-0.4, -0.2) is 22.3 Å². The number of rotatable bonds is 3. The van der Waals surface area contributed by atoms with E-state index in [1.165, 1.54) is 0 Å². The summed E-state index contributed by atoms with van der Waals surface area (Å²) in [6.07, 6.45) is 5.06. The molecule has 22 heavy (non-hydrogen) atoms. The Balaban J connectivity index is 1.74. The fourth-order valence-corrected chi connectivity index (χ4v) is 2.91. The second-order valence-corrected chi connectivity index (χ2v) is 5.57. The summed E-state index contributed by atoms with van der Waals surface area (Å²) in [5, 5.41) is 0. The lowest BCUT2D eigenvalue weighted by Crippen LogP contribution is -2.36. The Bertz CT molecular complexity index is 625. The zero-order valence-electron chi connectivity index (χ0n) is 12.7. The van der Waals surface area contributed by atoms with Gasteiger partial charge in [-0.3, -0.25) is 4.79 Å². The molecule has 0 saturated carbocycles. The number of hydrogen-bond donors (Lipinski definition) is 0. The highest BCUT2D eigenvalue weighted by Crippen LogP contribution is 2.31. The number of carbonyl (C=O) groups excluding carboxylic acids is 1. The summed E-state index contributed by atoms with van der Waals surface area (Å²) >= 11 is 0. The summed E-state index contributed by atoms with van der Waals surface area (Å²) in [6.45, 7) is 2.47. The van der Waals surface area contributed by atoms with E-state index in [0.717, 1.165) is 37.1 Å². The van der Waals surface area contributed by atoms with Crippen molar-refractivity contribution >= 4 is 5.91 Å². The van der Waals surface area contributed by atoms with Gasteiger partial charge in [-0.25, -0.2) is 4.98 Å². The fourth-order valence-electron chi connectivity index (χ4n) is 2.91. The number of piperidine rings is 1. The third-order valence-electron chi connectivity index (χ3n) is 4.02. The molecule has 1 fully saturated rings. The van der Waals surface area contributed by atoms with Gasteiger partial charge >= 0.3 is 0 Å². The molecule has 0 bridgehead atoms. The highest BCUT2D eigenvalue weighted by Gasteiger charge is 2.25. The molecule has 1 saturated heterocycles. The number of carbonyl (C=O) groups is 1. The Kier molecular flexibility index (Phi) is 4.37. The lowest BCUT2D eigenvalue weighted by Gasteiger charge is -2.35. The van der Waals surface area contributed by atoms with Gasteiger partial charge in [-0.1, -0.05) is 24.3 Å². The predicted octanol–water partition coefficient (Wildman–Crippen LogP) is 3.95. The van der Waals surface area contributed by atoms with E-state index in [1.807, 2.05) is 53.6 Å². The molecular formula is C18H20N2O2. The average molecular weight is 296 g/mol. The summed E-state index contributed by atoms with van der Waals surface area (Å²) in [4.78, 5) is 18.1. The van der Waals surface area contributed by atoms with Crippen LogP contribution in [-0.2, 0) is 4.79 Å². The maximum atomic E-state index is 11.8. The molecule has 1 aromatic heterocycles. The zero-order chi connectivity index (χ0) is 15.4. The number of pyridine rings is 1. The van der Waals surface area contributed by atoms with Crippen molar-refractivity contribution in [2.75, 3.05) is 6.54 Å². The van der Waals surface area contributed by atoms with Crippen LogP contribution in [0.5, 0.6) is 11.6 Å². The molecule has 0 spiro atoms. The third kappa shape index (κ3) is 3.27. The number of benzene rings is 1. The minimum atomic E-state index is 0.134. The molecule has 1 atom stereocenters. The Morgan fingerprint density at radius 1 is 1.18 bits per heavy atom. The second kappa shape index (κ2) is 6.60. The number of nitrogens with zero attached hydrogens (tertiary/aromatic N) is 2. The smallest absolute Gasteiger partial charge is 0.219 e. The van der Waals surface area contributed by atoms with Crippen LogP contribution in [0, 0.1) is 0 Å². The minimum absolute atomic E-state index is 0.134. The summed E-state index contributed by atoms with van der Waals surface area (Å²) in [5.41, 5.74) is 1.08. The van der Waals surface area contributed by atoms with Gasteiger partial charge in [0.05, 0.1) is 6.04 Å². The molecule has 0 aliphatic carbocycles. The van der Waals surface area contributed by atoms with Crippen LogP contribution < -0.4 is 4.74 Å². The van der Waals surface area contributed by atoms with E-state index in [-0.39, 0.29) is 11.9 Å². The van der Waals surface area contributed by atoms with Crippen molar-refractivity contribution in [3.63, 3.8) is 0 Å². The van der Waals surface area contributed by atoms with E-state index in [1.54, 1.807) is 6.92 Å². The van der Waals surface area contributed by atoms with Crippen LogP contribution >= 0.6 is 0 Å². The maximum Gasteiger partial charge on any atom is 0.219 e. The topological polar surface area (TPSA) is 42.4 Å². The van der Waals surface area contributed by atoms with E-state index in [9.17, 15) is 4.79 Å². The van der Waals surface area contributed by atoms with Crippen LogP contribution in [0.4, 0.5) is 0 Å². The Labute approximate surface area is 130 Å². The predicted molar refractivity (Wildman–Crippen MR) is 84.7 cm³/mol. The van der Waals surface area contributed by atoms with E-state index < -0.39 is 0 Å². The zero-order valence-corrected chi connectivity index (χ0v) is 12.7. The van der Waals surface area contributed by atoms with Gasteiger partial charge in [0.25, 0.3) is 0 Å². The SMILES string of the molecule is CC(=O)N1CCCC[C@@H]1c1ccc(Oc2ccccc2)nc1. The fraction of sp³-hybridized carbons (Fsp3) is 0.333. The molecule has 1 aromatic carbocycles. The largest absolute Gasteiger partial charge is 0.439 e. The van der Waals surface area contributed by atoms with Crippen LogP contribution in [0.25, 0.3) is 0 Å². The number of hydrogen-bond acceptors (Lipinski definition) is 3. The van der Waals surface area contributed by atoms with Crippen LogP contribution in [0.15, 0.2) is 48.7 Å². The van der Waals surface area contributed by atoms with Gasteiger partial charge in [-0.2, -0.15) is 0 Å². The molecule has 1 aliphatic rings. The van der Waals surface area contributed by atoms with Gasteiger partial charge in [0.15, 0.2) is 0 Å². The molecule has 4 heteroatoms. The minimum Gasteiger partial charge on any atom is -0.439 e. The van der Waals surface area contributed by atoms with Gasteiger partial charge < -0.3 is 9.64 Å².